The topological polar surface area (TPSA) is 95.5 Å². The van der Waals surface area contributed by atoms with Crippen LogP contribution in [0.3, 0.4) is 0 Å². The number of hydrogen-bond acceptors (Lipinski definition) is 5. The van der Waals surface area contributed by atoms with Gasteiger partial charge in [-0.3, -0.25) is 0 Å². The normalized spacial score (nSPS) is 6.50. The number of nitrogens with zero attached hydrogens (tertiary/aromatic N) is 2. The van der Waals surface area contributed by atoms with Crippen molar-refractivity contribution in [2.24, 2.45) is 0 Å². The van der Waals surface area contributed by atoms with Crippen molar-refractivity contribution < 1.29 is 34.6 Å². The van der Waals surface area contributed by atoms with Gasteiger partial charge in [-0.05, 0) is 0 Å². The molecule has 0 rings (SSSR count). The minimum absolute atomic E-state index is 0. The summed E-state index contributed by atoms with van der Waals surface area (Å²) < 4.78 is 0. The molecule has 0 N–H and O–H groups in total. The Morgan fingerprint density at radius 2 is 1.38 bits per heavy atom. The van der Waals surface area contributed by atoms with Crippen LogP contribution in [-0.4, -0.2) is 10.2 Å². The second-order valence-corrected chi connectivity index (χ2v) is 0.529. The van der Waals surface area contributed by atoms with Gasteiger partial charge >= 0.3 is 10.2 Å². The van der Waals surface area contributed by atoms with Crippen LogP contribution in [-0.2, 0) is 24.4 Å². The zero-order valence-electron chi connectivity index (χ0n) is 3.29. The molecule has 48 valence electrons. The Bertz CT molecular complexity index is 86.6. The molecule has 0 saturated heterocycles. The van der Waals surface area contributed by atoms with Crippen LogP contribution < -0.4 is 0 Å². The molecule has 0 amide bonds. The molecule has 0 aliphatic heterocycles. The van der Waals surface area contributed by atoms with E-state index in [-0.39, 0.29) is 19.5 Å². The summed E-state index contributed by atoms with van der Waals surface area (Å²) in [5, 5.41) is 14.9. The standard InChI is InChI=1S/N2O5.Ru/c3-1(4)7-2(5)6;. The average Bonchev–Trinajstić information content (AvgIpc) is 1.27. The summed E-state index contributed by atoms with van der Waals surface area (Å²) in [6, 6.07) is 0. The van der Waals surface area contributed by atoms with Gasteiger partial charge in [0.05, 0.1) is 0 Å². The summed E-state index contributed by atoms with van der Waals surface area (Å²) in [5.74, 6) is 0. The molecule has 8 heavy (non-hydrogen) atoms. The third-order valence-corrected chi connectivity index (χ3v) is 0.133. The molecule has 0 aliphatic rings. The Balaban J connectivity index is 0. The molecule has 0 aliphatic carbocycles. The molecule has 0 aromatic carbocycles. The summed E-state index contributed by atoms with van der Waals surface area (Å²) in [4.78, 5) is 20.6. The molecule has 0 unspecified atom stereocenters. The molecule has 0 heterocycles. The van der Waals surface area contributed by atoms with E-state index in [1.54, 1.807) is 0 Å². The van der Waals surface area contributed by atoms with Crippen LogP contribution >= 0.6 is 0 Å². The monoisotopic (exact) mass is 210 g/mol. The van der Waals surface area contributed by atoms with E-state index in [1.165, 1.54) is 0 Å². The van der Waals surface area contributed by atoms with Crippen LogP contribution in [0.1, 0.15) is 0 Å². The van der Waals surface area contributed by atoms with Crippen molar-refractivity contribution in [3.05, 3.63) is 20.2 Å². The largest absolute Gasteiger partial charge is 0.356 e. The third-order valence-electron chi connectivity index (χ3n) is 0.133. The number of hydrogen-bond donors (Lipinski definition) is 0. The molecule has 0 aromatic rings. The molecule has 8 heteroatoms. The van der Waals surface area contributed by atoms with E-state index in [0.29, 0.717) is 0 Å². The second-order valence-electron chi connectivity index (χ2n) is 0.529. The minimum atomic E-state index is -1.50. The van der Waals surface area contributed by atoms with E-state index in [0.717, 1.165) is 0 Å². The Labute approximate surface area is 55.6 Å². The summed E-state index contributed by atoms with van der Waals surface area (Å²) in [7, 11) is 0. The molecule has 0 atom stereocenters. The maximum atomic E-state index is 8.95. The van der Waals surface area contributed by atoms with Crippen molar-refractivity contribution in [2.75, 3.05) is 0 Å². The first-order valence-electron chi connectivity index (χ1n) is 1.10. The Hall–Kier alpha value is -0.777. The smallest absolute Gasteiger partial charge is 0.105 e. The maximum absolute atomic E-state index is 8.95. The average molecular weight is 209 g/mol. The molecule has 0 bridgehead atoms. The minimum Gasteiger partial charge on any atom is -0.105 e. The van der Waals surface area contributed by atoms with Gasteiger partial charge in [0, 0.05) is 24.4 Å². The van der Waals surface area contributed by atoms with Gasteiger partial charge in [0.25, 0.3) is 0 Å². The van der Waals surface area contributed by atoms with Crippen LogP contribution in [0.2, 0.25) is 0 Å². The van der Waals surface area contributed by atoms with E-state index in [9.17, 15) is 0 Å². The Kier molecular flexibility index (Phi) is 5.62. The van der Waals surface area contributed by atoms with Gasteiger partial charge in [-0.15, -0.1) is 20.2 Å². The van der Waals surface area contributed by atoms with Crippen molar-refractivity contribution in [3.8, 4) is 0 Å². The number of rotatable bonds is 2. The van der Waals surface area contributed by atoms with Crippen molar-refractivity contribution in [3.63, 3.8) is 0 Å². The fourth-order valence-corrected chi connectivity index (χ4v) is 0.0544. The molecule has 0 radical (unpaired) electrons. The SMILES string of the molecule is O=[N+]([O-])O[N+](=O)[O-].[Ru]. The van der Waals surface area contributed by atoms with Crippen molar-refractivity contribution in [2.45, 2.75) is 0 Å². The van der Waals surface area contributed by atoms with Gasteiger partial charge in [0.2, 0.25) is 0 Å². The predicted molar refractivity (Wildman–Crippen MR) is 15.1 cm³/mol. The van der Waals surface area contributed by atoms with E-state index < -0.39 is 10.2 Å². The van der Waals surface area contributed by atoms with E-state index in [1.807, 2.05) is 0 Å². The molecule has 0 aromatic heterocycles. The fourth-order valence-electron chi connectivity index (χ4n) is 0.0544. The van der Waals surface area contributed by atoms with Gasteiger partial charge in [-0.2, -0.15) is 0 Å². The van der Waals surface area contributed by atoms with E-state index in [2.05, 4.69) is 4.94 Å². The second kappa shape index (κ2) is 4.38. The molecular formula is N2O5Ru. The van der Waals surface area contributed by atoms with Crippen molar-refractivity contribution in [1.82, 2.24) is 0 Å². The third kappa shape index (κ3) is 8.97. The Morgan fingerprint density at radius 1 is 1.12 bits per heavy atom. The van der Waals surface area contributed by atoms with E-state index in [4.69, 9.17) is 20.2 Å². The van der Waals surface area contributed by atoms with Crippen molar-refractivity contribution >= 4 is 0 Å². The molecule has 7 nitrogen and oxygen atoms in total. The maximum Gasteiger partial charge on any atom is 0.356 e. The first kappa shape index (κ1) is 10.3. The van der Waals surface area contributed by atoms with Crippen LogP contribution in [0.15, 0.2) is 0 Å². The van der Waals surface area contributed by atoms with Gasteiger partial charge in [0.1, 0.15) is 0 Å². The van der Waals surface area contributed by atoms with Gasteiger partial charge in [0.15, 0.2) is 0 Å². The summed E-state index contributed by atoms with van der Waals surface area (Å²) in [6.07, 6.45) is 0. The summed E-state index contributed by atoms with van der Waals surface area (Å²) >= 11 is 0. The van der Waals surface area contributed by atoms with Crippen LogP contribution in [0, 0.1) is 20.2 Å². The van der Waals surface area contributed by atoms with Crippen molar-refractivity contribution in [1.29, 1.82) is 0 Å². The first-order valence-corrected chi connectivity index (χ1v) is 1.10. The quantitative estimate of drug-likeness (QED) is 0.343. The van der Waals surface area contributed by atoms with Gasteiger partial charge in [-0.25, -0.2) is 0 Å². The zero-order chi connectivity index (χ0) is 5.86. The zero-order valence-corrected chi connectivity index (χ0v) is 5.03. The molecule has 0 fully saturated rings. The molecular weight excluding hydrogens is 209 g/mol. The van der Waals surface area contributed by atoms with Gasteiger partial charge < -0.3 is 0 Å². The molecule has 0 saturated carbocycles. The summed E-state index contributed by atoms with van der Waals surface area (Å²) in [6.45, 7) is 0. The fraction of sp³-hybridized carbons (Fsp3) is 0. The first-order chi connectivity index (χ1) is 3.13. The van der Waals surface area contributed by atoms with Crippen LogP contribution in [0.25, 0.3) is 0 Å². The van der Waals surface area contributed by atoms with E-state index >= 15 is 0 Å². The van der Waals surface area contributed by atoms with Crippen LogP contribution in [0.5, 0.6) is 0 Å². The van der Waals surface area contributed by atoms with Crippen LogP contribution in [0.4, 0.5) is 0 Å². The summed E-state index contributed by atoms with van der Waals surface area (Å²) in [5.41, 5.74) is 0. The molecule has 0 spiro atoms. The van der Waals surface area contributed by atoms with Gasteiger partial charge in [-0.1, -0.05) is 0 Å². The predicted octanol–water partition coefficient (Wildman–Crippen LogP) is -0.616. The Morgan fingerprint density at radius 3 is 1.38 bits per heavy atom.